The first-order chi connectivity index (χ1) is 23.3. The van der Waals surface area contributed by atoms with Gasteiger partial charge in [0.2, 0.25) is 0 Å². The summed E-state index contributed by atoms with van der Waals surface area (Å²) in [4.78, 5) is 18.5. The molecule has 0 amide bonds. The number of hydrogen-bond acceptors (Lipinski definition) is 6. The van der Waals surface area contributed by atoms with E-state index in [1.807, 2.05) is 35.5 Å². The summed E-state index contributed by atoms with van der Waals surface area (Å²) in [6, 6.07) is 44.0. The Morgan fingerprint density at radius 1 is 0.426 bits per heavy atom. The predicted molar refractivity (Wildman–Crippen MR) is 192 cm³/mol. The fourth-order valence-corrected chi connectivity index (χ4v) is 8.16. The average Bonchev–Trinajstić information content (AvgIpc) is 3.93. The summed E-state index contributed by atoms with van der Waals surface area (Å²) < 4.78 is 0. The third kappa shape index (κ3) is 4.56. The lowest BCUT2D eigenvalue weighted by atomic mass is 9.67. The van der Waals surface area contributed by atoms with Gasteiger partial charge in [0.1, 0.15) is 10.0 Å². The molecule has 9 rings (SSSR count). The maximum absolute atomic E-state index is 4.79. The lowest BCUT2D eigenvalue weighted by Gasteiger charge is -2.34. The molecule has 0 aliphatic heterocycles. The lowest BCUT2D eigenvalue weighted by molar-refractivity contribution is 0.769. The zero-order valence-corrected chi connectivity index (χ0v) is 26.7. The largest absolute Gasteiger partial charge is 0.253 e. The van der Waals surface area contributed by atoms with E-state index in [0.29, 0.717) is 0 Å². The van der Waals surface area contributed by atoms with E-state index < -0.39 is 5.41 Å². The minimum atomic E-state index is -0.526. The van der Waals surface area contributed by atoms with Crippen LogP contribution in [0, 0.1) is 0 Å². The van der Waals surface area contributed by atoms with Gasteiger partial charge < -0.3 is 0 Å². The molecular formula is C41H26N4S2. The fraction of sp³-hybridized carbons (Fsp3) is 0.0244. The third-order valence-electron chi connectivity index (χ3n) is 9.05. The van der Waals surface area contributed by atoms with Crippen molar-refractivity contribution in [3.63, 3.8) is 0 Å². The van der Waals surface area contributed by atoms with E-state index in [1.165, 1.54) is 33.4 Å². The molecule has 4 aromatic heterocycles. The molecule has 47 heavy (non-hydrogen) atoms. The van der Waals surface area contributed by atoms with Gasteiger partial charge in [-0.15, -0.1) is 22.7 Å². The highest BCUT2D eigenvalue weighted by Gasteiger charge is 2.46. The molecule has 0 saturated heterocycles. The monoisotopic (exact) mass is 638 g/mol. The second kappa shape index (κ2) is 11.4. The van der Waals surface area contributed by atoms with E-state index in [2.05, 4.69) is 131 Å². The molecule has 8 aromatic rings. The van der Waals surface area contributed by atoms with Gasteiger partial charge in [0.05, 0.1) is 16.8 Å². The summed E-state index contributed by atoms with van der Waals surface area (Å²) in [7, 11) is 0. The van der Waals surface area contributed by atoms with E-state index in [0.717, 1.165) is 43.7 Å². The van der Waals surface area contributed by atoms with Gasteiger partial charge in [-0.2, -0.15) is 0 Å². The second-order valence-corrected chi connectivity index (χ2v) is 13.3. The summed E-state index contributed by atoms with van der Waals surface area (Å²) in [5.74, 6) is 0. The Hall–Kier alpha value is -5.56. The highest BCUT2D eigenvalue weighted by atomic mass is 32.1. The van der Waals surface area contributed by atoms with Gasteiger partial charge in [0.25, 0.3) is 0 Å². The molecule has 0 N–H and O–H groups in total. The van der Waals surface area contributed by atoms with Crippen molar-refractivity contribution in [1.82, 2.24) is 19.9 Å². The number of fused-ring (bicyclic) bond motifs is 3. The molecule has 4 nitrogen and oxygen atoms in total. The smallest absolute Gasteiger partial charge is 0.141 e. The molecule has 0 atom stereocenters. The molecule has 0 radical (unpaired) electrons. The Morgan fingerprint density at radius 3 is 1.26 bits per heavy atom. The van der Waals surface area contributed by atoms with Crippen molar-refractivity contribution in [2.75, 3.05) is 0 Å². The van der Waals surface area contributed by atoms with Crippen LogP contribution in [0.3, 0.4) is 0 Å². The standard InChI is InChI=1S/C41H26N4S2/c1-3-7-31(8-4-1)41(32-9-5-2-6-10-32)35-23-27(29-13-17-37(44-25-29)39-42-19-21-46-39)11-15-33(35)34-16-12-28(24-36(34)41)30-14-18-38(45-26-30)40-43-20-22-47-40/h1-26H. The molecule has 1 aliphatic carbocycles. The number of thiazole rings is 2. The minimum Gasteiger partial charge on any atom is -0.253 e. The van der Waals surface area contributed by atoms with Crippen molar-refractivity contribution < 1.29 is 0 Å². The third-order valence-corrected chi connectivity index (χ3v) is 10.6. The Kier molecular flexibility index (Phi) is 6.70. The van der Waals surface area contributed by atoms with Crippen LogP contribution in [0.25, 0.3) is 54.8 Å². The quantitative estimate of drug-likeness (QED) is 0.182. The van der Waals surface area contributed by atoms with E-state index in [-0.39, 0.29) is 0 Å². The Balaban J connectivity index is 1.24. The van der Waals surface area contributed by atoms with Gasteiger partial charge in [-0.1, -0.05) is 97.1 Å². The van der Waals surface area contributed by atoms with Crippen LogP contribution < -0.4 is 0 Å². The van der Waals surface area contributed by atoms with Crippen LogP contribution in [0.15, 0.2) is 157 Å². The molecule has 0 bridgehead atoms. The van der Waals surface area contributed by atoms with Crippen LogP contribution >= 0.6 is 22.7 Å². The number of pyridine rings is 2. The van der Waals surface area contributed by atoms with Gasteiger partial charge in [-0.3, -0.25) is 9.97 Å². The van der Waals surface area contributed by atoms with Crippen molar-refractivity contribution in [1.29, 1.82) is 0 Å². The van der Waals surface area contributed by atoms with Crippen molar-refractivity contribution in [3.8, 4) is 54.8 Å². The Bertz CT molecular complexity index is 2150. The average molecular weight is 639 g/mol. The SMILES string of the molecule is c1ccc(C2(c3ccccc3)c3cc(-c4ccc(-c5nccs5)nc4)ccc3-c3ccc(-c4ccc(-c5nccs5)nc4)cc32)cc1. The molecule has 222 valence electrons. The van der Waals surface area contributed by atoms with Gasteiger partial charge in [0.15, 0.2) is 0 Å². The highest BCUT2D eigenvalue weighted by Crippen LogP contribution is 2.57. The van der Waals surface area contributed by atoms with Gasteiger partial charge in [-0.25, -0.2) is 9.97 Å². The predicted octanol–water partition coefficient (Wildman–Crippen LogP) is 10.4. The van der Waals surface area contributed by atoms with Crippen LogP contribution in [0.2, 0.25) is 0 Å². The zero-order chi connectivity index (χ0) is 31.2. The first-order valence-electron chi connectivity index (χ1n) is 15.4. The van der Waals surface area contributed by atoms with Crippen molar-refractivity contribution in [3.05, 3.63) is 179 Å². The van der Waals surface area contributed by atoms with Crippen LogP contribution in [0.1, 0.15) is 22.3 Å². The summed E-state index contributed by atoms with van der Waals surface area (Å²) in [6.07, 6.45) is 7.57. The number of hydrogen-bond donors (Lipinski definition) is 0. The molecule has 1 aliphatic rings. The van der Waals surface area contributed by atoms with Crippen LogP contribution in [-0.4, -0.2) is 19.9 Å². The van der Waals surface area contributed by atoms with Crippen molar-refractivity contribution in [2.24, 2.45) is 0 Å². The molecule has 0 unspecified atom stereocenters. The normalized spacial score (nSPS) is 12.9. The fourth-order valence-electron chi connectivity index (χ4n) is 6.93. The lowest BCUT2D eigenvalue weighted by Crippen LogP contribution is -2.28. The minimum absolute atomic E-state index is 0.526. The molecule has 4 heterocycles. The molecular weight excluding hydrogens is 613 g/mol. The number of aromatic nitrogens is 4. The van der Waals surface area contributed by atoms with E-state index >= 15 is 0 Å². The number of nitrogens with zero attached hydrogens (tertiary/aromatic N) is 4. The van der Waals surface area contributed by atoms with E-state index in [1.54, 1.807) is 22.7 Å². The summed E-state index contributed by atoms with van der Waals surface area (Å²) in [5, 5.41) is 5.82. The maximum Gasteiger partial charge on any atom is 0.141 e. The van der Waals surface area contributed by atoms with Gasteiger partial charge in [0, 0.05) is 46.7 Å². The van der Waals surface area contributed by atoms with Gasteiger partial charge >= 0.3 is 0 Å². The molecule has 0 saturated carbocycles. The Labute approximate surface area is 280 Å². The molecule has 0 fully saturated rings. The first-order valence-corrected chi connectivity index (χ1v) is 17.2. The first kappa shape index (κ1) is 27.7. The summed E-state index contributed by atoms with van der Waals surface area (Å²) >= 11 is 3.20. The summed E-state index contributed by atoms with van der Waals surface area (Å²) in [5.41, 5.74) is 13.1. The van der Waals surface area contributed by atoms with Crippen LogP contribution in [0.5, 0.6) is 0 Å². The topological polar surface area (TPSA) is 51.6 Å². The Morgan fingerprint density at radius 2 is 0.872 bits per heavy atom. The van der Waals surface area contributed by atoms with E-state index in [4.69, 9.17) is 9.97 Å². The van der Waals surface area contributed by atoms with Crippen LogP contribution in [-0.2, 0) is 5.41 Å². The summed E-state index contributed by atoms with van der Waals surface area (Å²) in [6.45, 7) is 0. The highest BCUT2D eigenvalue weighted by molar-refractivity contribution is 7.13. The van der Waals surface area contributed by atoms with Crippen molar-refractivity contribution >= 4 is 22.7 Å². The number of rotatable bonds is 6. The molecule has 4 aromatic carbocycles. The zero-order valence-electron chi connectivity index (χ0n) is 25.1. The maximum atomic E-state index is 4.79. The molecule has 0 spiro atoms. The second-order valence-electron chi connectivity index (χ2n) is 11.5. The number of benzene rings is 4. The molecule has 6 heteroatoms. The van der Waals surface area contributed by atoms with Crippen molar-refractivity contribution in [2.45, 2.75) is 5.41 Å². The van der Waals surface area contributed by atoms with Crippen LogP contribution in [0.4, 0.5) is 0 Å². The van der Waals surface area contributed by atoms with Gasteiger partial charge in [-0.05, 0) is 68.8 Å². The van der Waals surface area contributed by atoms with E-state index in [9.17, 15) is 0 Å².